The molecule has 0 saturated carbocycles. The SMILES string of the molecule is Cc1cc(C(C)(C)C)ccc1OCc1ccc(Br)cn1. The lowest BCUT2D eigenvalue weighted by atomic mass is 9.86. The Morgan fingerprint density at radius 3 is 2.45 bits per heavy atom. The van der Waals surface area contributed by atoms with Gasteiger partial charge in [0.1, 0.15) is 12.4 Å². The third-order valence-corrected chi connectivity index (χ3v) is 3.67. The number of nitrogens with zero attached hydrogens (tertiary/aromatic N) is 1. The van der Waals surface area contributed by atoms with E-state index in [0.29, 0.717) is 6.61 Å². The number of hydrogen-bond acceptors (Lipinski definition) is 2. The summed E-state index contributed by atoms with van der Waals surface area (Å²) in [7, 11) is 0. The summed E-state index contributed by atoms with van der Waals surface area (Å²) in [5, 5.41) is 0. The van der Waals surface area contributed by atoms with Crippen molar-refractivity contribution >= 4 is 15.9 Å². The minimum atomic E-state index is 0.163. The molecular weight excluding hydrogens is 314 g/mol. The van der Waals surface area contributed by atoms with Crippen molar-refractivity contribution in [1.82, 2.24) is 4.98 Å². The molecule has 0 N–H and O–H groups in total. The number of aromatic nitrogens is 1. The maximum Gasteiger partial charge on any atom is 0.130 e. The molecule has 2 rings (SSSR count). The summed E-state index contributed by atoms with van der Waals surface area (Å²) in [6.45, 7) is 9.22. The highest BCUT2D eigenvalue weighted by Gasteiger charge is 2.14. The molecule has 1 aromatic carbocycles. The quantitative estimate of drug-likeness (QED) is 0.785. The number of pyridine rings is 1. The summed E-state index contributed by atoms with van der Waals surface area (Å²) in [5.74, 6) is 0.919. The van der Waals surface area contributed by atoms with Gasteiger partial charge in [-0.05, 0) is 57.6 Å². The van der Waals surface area contributed by atoms with E-state index in [2.05, 4.69) is 66.8 Å². The average Bonchev–Trinajstić information content (AvgIpc) is 2.38. The molecule has 0 unspecified atom stereocenters. The van der Waals surface area contributed by atoms with Crippen LogP contribution in [0.25, 0.3) is 0 Å². The molecule has 0 atom stereocenters. The summed E-state index contributed by atoms with van der Waals surface area (Å²) in [6.07, 6.45) is 1.79. The number of benzene rings is 1. The van der Waals surface area contributed by atoms with Gasteiger partial charge in [0.2, 0.25) is 0 Å². The van der Waals surface area contributed by atoms with Gasteiger partial charge in [0.05, 0.1) is 5.69 Å². The molecule has 1 heterocycles. The summed E-state index contributed by atoms with van der Waals surface area (Å²) in [4.78, 5) is 4.31. The number of halogens is 1. The van der Waals surface area contributed by atoms with Gasteiger partial charge in [-0.1, -0.05) is 32.9 Å². The Hall–Kier alpha value is -1.35. The molecule has 0 radical (unpaired) electrons. The van der Waals surface area contributed by atoms with Crippen molar-refractivity contribution in [3.63, 3.8) is 0 Å². The van der Waals surface area contributed by atoms with Crippen molar-refractivity contribution < 1.29 is 4.74 Å². The molecule has 0 bridgehead atoms. The van der Waals surface area contributed by atoms with Crippen molar-refractivity contribution in [3.8, 4) is 5.75 Å². The first-order chi connectivity index (χ1) is 9.36. The predicted molar refractivity (Wildman–Crippen MR) is 86.1 cm³/mol. The fourth-order valence-electron chi connectivity index (χ4n) is 1.92. The molecule has 106 valence electrons. The van der Waals surface area contributed by atoms with Gasteiger partial charge in [-0.3, -0.25) is 4.98 Å². The molecule has 0 aliphatic rings. The zero-order valence-electron chi connectivity index (χ0n) is 12.4. The van der Waals surface area contributed by atoms with Gasteiger partial charge in [0.25, 0.3) is 0 Å². The van der Waals surface area contributed by atoms with Crippen LogP contribution in [0.15, 0.2) is 41.0 Å². The van der Waals surface area contributed by atoms with Crippen molar-refractivity contribution in [2.45, 2.75) is 39.7 Å². The van der Waals surface area contributed by atoms with E-state index in [4.69, 9.17) is 4.74 Å². The minimum absolute atomic E-state index is 0.163. The Balaban J connectivity index is 2.08. The van der Waals surface area contributed by atoms with Crippen LogP contribution in [0, 0.1) is 6.92 Å². The number of ether oxygens (including phenoxy) is 1. The molecule has 1 aromatic heterocycles. The third-order valence-electron chi connectivity index (χ3n) is 3.21. The molecule has 2 aromatic rings. The number of hydrogen-bond donors (Lipinski definition) is 0. The Morgan fingerprint density at radius 2 is 1.90 bits per heavy atom. The summed E-state index contributed by atoms with van der Waals surface area (Å²) >= 11 is 3.38. The molecule has 0 aliphatic heterocycles. The van der Waals surface area contributed by atoms with E-state index in [-0.39, 0.29) is 5.41 Å². The normalized spacial score (nSPS) is 11.4. The first-order valence-corrected chi connectivity index (χ1v) is 7.50. The van der Waals surface area contributed by atoms with Crippen molar-refractivity contribution in [1.29, 1.82) is 0 Å². The molecule has 0 aliphatic carbocycles. The predicted octanol–water partition coefficient (Wildman–Crippen LogP) is 5.03. The fourth-order valence-corrected chi connectivity index (χ4v) is 2.16. The topological polar surface area (TPSA) is 22.1 Å². The standard InChI is InChI=1S/C17H20BrNO/c1-12-9-13(17(2,3)4)5-8-16(12)20-11-15-7-6-14(18)10-19-15/h5-10H,11H2,1-4H3. The van der Waals surface area contributed by atoms with E-state index < -0.39 is 0 Å². The summed E-state index contributed by atoms with van der Waals surface area (Å²) < 4.78 is 6.83. The van der Waals surface area contributed by atoms with Gasteiger partial charge in [-0.15, -0.1) is 0 Å². The molecule has 20 heavy (non-hydrogen) atoms. The first kappa shape index (κ1) is 15.0. The highest BCUT2D eigenvalue weighted by Crippen LogP contribution is 2.27. The Labute approximate surface area is 129 Å². The highest BCUT2D eigenvalue weighted by molar-refractivity contribution is 9.10. The van der Waals surface area contributed by atoms with Crippen LogP contribution >= 0.6 is 15.9 Å². The molecule has 2 nitrogen and oxygen atoms in total. The maximum atomic E-state index is 5.85. The van der Waals surface area contributed by atoms with Gasteiger partial charge in [0.15, 0.2) is 0 Å². The van der Waals surface area contributed by atoms with Crippen LogP contribution in [0.4, 0.5) is 0 Å². The molecular formula is C17H20BrNO. The zero-order valence-corrected chi connectivity index (χ0v) is 14.0. The number of rotatable bonds is 3. The lowest BCUT2D eigenvalue weighted by Gasteiger charge is -2.20. The third kappa shape index (κ3) is 3.83. The largest absolute Gasteiger partial charge is 0.487 e. The molecule has 0 spiro atoms. The van der Waals surface area contributed by atoms with E-state index in [9.17, 15) is 0 Å². The zero-order chi connectivity index (χ0) is 14.8. The van der Waals surface area contributed by atoms with Gasteiger partial charge in [0, 0.05) is 10.7 Å². The number of aryl methyl sites for hydroxylation is 1. The lowest BCUT2D eigenvalue weighted by Crippen LogP contribution is -2.11. The van der Waals surface area contributed by atoms with Gasteiger partial charge in [-0.2, -0.15) is 0 Å². The van der Waals surface area contributed by atoms with Crippen LogP contribution in [-0.4, -0.2) is 4.98 Å². The molecule has 0 amide bonds. The summed E-state index contributed by atoms with van der Waals surface area (Å²) in [5.41, 5.74) is 3.57. The molecule has 0 fully saturated rings. The van der Waals surface area contributed by atoms with E-state index in [1.165, 1.54) is 5.56 Å². The smallest absolute Gasteiger partial charge is 0.130 e. The van der Waals surface area contributed by atoms with Gasteiger partial charge in [-0.25, -0.2) is 0 Å². The monoisotopic (exact) mass is 333 g/mol. The first-order valence-electron chi connectivity index (χ1n) is 6.70. The Morgan fingerprint density at radius 1 is 1.15 bits per heavy atom. The lowest BCUT2D eigenvalue weighted by molar-refractivity contribution is 0.299. The second-order valence-electron chi connectivity index (χ2n) is 5.99. The fraction of sp³-hybridized carbons (Fsp3) is 0.353. The van der Waals surface area contributed by atoms with Crippen molar-refractivity contribution in [2.75, 3.05) is 0 Å². The van der Waals surface area contributed by atoms with Crippen LogP contribution < -0.4 is 4.74 Å². The molecule has 0 saturated heterocycles. The van der Waals surface area contributed by atoms with Gasteiger partial charge < -0.3 is 4.74 Å². The summed E-state index contributed by atoms with van der Waals surface area (Å²) in [6, 6.07) is 10.3. The highest BCUT2D eigenvalue weighted by atomic mass is 79.9. The van der Waals surface area contributed by atoms with Crippen LogP contribution in [0.3, 0.4) is 0 Å². The van der Waals surface area contributed by atoms with Crippen LogP contribution in [0.2, 0.25) is 0 Å². The van der Waals surface area contributed by atoms with Crippen LogP contribution in [-0.2, 0) is 12.0 Å². The van der Waals surface area contributed by atoms with Gasteiger partial charge >= 0.3 is 0 Å². The van der Waals surface area contributed by atoms with Crippen molar-refractivity contribution in [3.05, 3.63) is 57.8 Å². The van der Waals surface area contributed by atoms with E-state index in [1.807, 2.05) is 12.1 Å². The van der Waals surface area contributed by atoms with Crippen LogP contribution in [0.1, 0.15) is 37.6 Å². The Kier molecular flexibility index (Phi) is 4.48. The van der Waals surface area contributed by atoms with E-state index in [0.717, 1.165) is 21.5 Å². The van der Waals surface area contributed by atoms with E-state index >= 15 is 0 Å². The van der Waals surface area contributed by atoms with Crippen molar-refractivity contribution in [2.24, 2.45) is 0 Å². The Bertz CT molecular complexity index is 585. The van der Waals surface area contributed by atoms with Crippen LogP contribution in [0.5, 0.6) is 5.75 Å². The average molecular weight is 334 g/mol. The van der Waals surface area contributed by atoms with E-state index in [1.54, 1.807) is 6.20 Å². The second kappa shape index (κ2) is 5.96. The maximum absolute atomic E-state index is 5.85. The second-order valence-corrected chi connectivity index (χ2v) is 6.90. The molecule has 3 heteroatoms. The minimum Gasteiger partial charge on any atom is -0.487 e.